The summed E-state index contributed by atoms with van der Waals surface area (Å²) >= 11 is 5.84. The van der Waals surface area contributed by atoms with Crippen LogP contribution in [0.4, 0.5) is 5.69 Å². The van der Waals surface area contributed by atoms with Gasteiger partial charge in [0.05, 0.1) is 6.42 Å². The van der Waals surface area contributed by atoms with Gasteiger partial charge in [-0.3, -0.25) is 4.79 Å². The topological polar surface area (TPSA) is 68.0 Å². The molecule has 2 aromatic rings. The van der Waals surface area contributed by atoms with Gasteiger partial charge in [0.25, 0.3) is 0 Å². The van der Waals surface area contributed by atoms with Gasteiger partial charge >= 0.3 is 0 Å². The molecule has 0 aliphatic rings. The van der Waals surface area contributed by atoms with Gasteiger partial charge in [-0.2, -0.15) is 4.98 Å². The van der Waals surface area contributed by atoms with Gasteiger partial charge in [0, 0.05) is 17.6 Å². The van der Waals surface area contributed by atoms with E-state index in [2.05, 4.69) is 15.5 Å². The van der Waals surface area contributed by atoms with Crippen molar-refractivity contribution in [3.8, 4) is 0 Å². The second kappa shape index (κ2) is 5.18. The number of hydrogen-bond acceptors (Lipinski definition) is 4. The Hall–Kier alpha value is -1.88. The predicted octanol–water partition coefficient (Wildman–Crippen LogP) is 2.52. The second-order valence-corrected chi connectivity index (χ2v) is 4.35. The van der Waals surface area contributed by atoms with Crippen molar-refractivity contribution in [1.29, 1.82) is 0 Å². The Morgan fingerprint density at radius 2 is 2.22 bits per heavy atom. The Balaban J connectivity index is 2.03. The van der Waals surface area contributed by atoms with Crippen LogP contribution in [0.1, 0.15) is 17.3 Å². The molecule has 0 fully saturated rings. The highest BCUT2D eigenvalue weighted by Gasteiger charge is 2.10. The van der Waals surface area contributed by atoms with Crippen LogP contribution in [-0.4, -0.2) is 16.0 Å². The number of benzene rings is 1. The van der Waals surface area contributed by atoms with Crippen LogP contribution in [0, 0.1) is 13.8 Å². The molecular formula is C12H12ClN3O2. The summed E-state index contributed by atoms with van der Waals surface area (Å²) in [5, 5.41) is 7.08. The molecule has 0 saturated heterocycles. The Bertz CT molecular complexity index is 580. The van der Waals surface area contributed by atoms with Gasteiger partial charge in [0.15, 0.2) is 5.82 Å². The zero-order valence-electron chi connectivity index (χ0n) is 10.0. The minimum absolute atomic E-state index is 0.0827. The number of nitrogens with zero attached hydrogens (tertiary/aromatic N) is 2. The van der Waals surface area contributed by atoms with E-state index in [4.69, 9.17) is 16.1 Å². The fourth-order valence-electron chi connectivity index (χ4n) is 1.52. The monoisotopic (exact) mass is 265 g/mol. The van der Waals surface area contributed by atoms with Crippen molar-refractivity contribution in [2.75, 3.05) is 5.32 Å². The fourth-order valence-corrected chi connectivity index (χ4v) is 1.75. The lowest BCUT2D eigenvalue weighted by Crippen LogP contribution is -2.15. The van der Waals surface area contributed by atoms with Crippen LogP contribution >= 0.6 is 11.6 Å². The molecule has 5 nitrogen and oxygen atoms in total. The smallest absolute Gasteiger partial charge is 0.232 e. The van der Waals surface area contributed by atoms with E-state index in [1.807, 2.05) is 6.92 Å². The lowest BCUT2D eigenvalue weighted by Gasteiger charge is -2.07. The second-order valence-electron chi connectivity index (χ2n) is 3.91. The van der Waals surface area contributed by atoms with Gasteiger partial charge in [-0.05, 0) is 30.7 Å². The first kappa shape index (κ1) is 12.6. The molecule has 2 rings (SSSR count). The quantitative estimate of drug-likeness (QED) is 0.926. The summed E-state index contributed by atoms with van der Waals surface area (Å²) in [5.41, 5.74) is 1.63. The Kier molecular flexibility index (Phi) is 3.62. The summed E-state index contributed by atoms with van der Waals surface area (Å²) in [6.45, 7) is 3.55. The number of halogens is 1. The Morgan fingerprint density at radius 1 is 1.44 bits per heavy atom. The van der Waals surface area contributed by atoms with Crippen molar-refractivity contribution in [2.24, 2.45) is 0 Å². The molecule has 1 aromatic heterocycles. The number of rotatable bonds is 3. The van der Waals surface area contributed by atoms with Gasteiger partial charge in [0.1, 0.15) is 0 Å². The van der Waals surface area contributed by atoms with Crippen molar-refractivity contribution >= 4 is 23.2 Å². The van der Waals surface area contributed by atoms with Gasteiger partial charge in [-0.1, -0.05) is 16.8 Å². The van der Waals surface area contributed by atoms with Crippen LogP contribution in [-0.2, 0) is 11.2 Å². The minimum Gasteiger partial charge on any atom is -0.340 e. The molecule has 1 aromatic carbocycles. The predicted molar refractivity (Wildman–Crippen MR) is 67.6 cm³/mol. The molecule has 0 saturated carbocycles. The molecule has 1 heterocycles. The van der Waals surface area contributed by atoms with E-state index in [9.17, 15) is 4.79 Å². The highest BCUT2D eigenvalue weighted by molar-refractivity contribution is 6.30. The summed E-state index contributed by atoms with van der Waals surface area (Å²) in [7, 11) is 0. The molecule has 0 aliphatic heterocycles. The van der Waals surface area contributed by atoms with Crippen LogP contribution in [0.15, 0.2) is 22.7 Å². The maximum atomic E-state index is 11.8. The number of amides is 1. The normalized spacial score (nSPS) is 10.4. The first-order chi connectivity index (χ1) is 8.54. The first-order valence-electron chi connectivity index (χ1n) is 5.40. The average molecular weight is 266 g/mol. The van der Waals surface area contributed by atoms with E-state index < -0.39 is 0 Å². The maximum Gasteiger partial charge on any atom is 0.232 e. The third-order valence-electron chi connectivity index (χ3n) is 2.35. The zero-order chi connectivity index (χ0) is 13.1. The molecule has 1 N–H and O–H groups in total. The SMILES string of the molecule is Cc1nc(CC(=O)Nc2ccc(Cl)cc2C)no1. The highest BCUT2D eigenvalue weighted by atomic mass is 35.5. The molecule has 0 radical (unpaired) electrons. The molecule has 0 bridgehead atoms. The number of aromatic nitrogens is 2. The van der Waals surface area contributed by atoms with E-state index in [1.165, 1.54) is 0 Å². The number of carbonyl (C=O) groups is 1. The van der Waals surface area contributed by atoms with Gasteiger partial charge in [0.2, 0.25) is 11.8 Å². The lowest BCUT2D eigenvalue weighted by atomic mass is 10.2. The Morgan fingerprint density at radius 3 is 2.83 bits per heavy atom. The van der Waals surface area contributed by atoms with Crippen molar-refractivity contribution < 1.29 is 9.32 Å². The molecule has 1 amide bonds. The zero-order valence-corrected chi connectivity index (χ0v) is 10.8. The van der Waals surface area contributed by atoms with Gasteiger partial charge in [-0.25, -0.2) is 0 Å². The van der Waals surface area contributed by atoms with Crippen LogP contribution in [0.25, 0.3) is 0 Å². The summed E-state index contributed by atoms with van der Waals surface area (Å²) < 4.78 is 4.80. The van der Waals surface area contributed by atoms with E-state index in [0.29, 0.717) is 16.7 Å². The third-order valence-corrected chi connectivity index (χ3v) is 2.59. The van der Waals surface area contributed by atoms with E-state index in [-0.39, 0.29) is 12.3 Å². The van der Waals surface area contributed by atoms with Crippen LogP contribution in [0.2, 0.25) is 5.02 Å². The third kappa shape index (κ3) is 3.07. The summed E-state index contributed by atoms with van der Waals surface area (Å²) in [6.07, 6.45) is 0.0827. The van der Waals surface area contributed by atoms with Gasteiger partial charge in [-0.15, -0.1) is 0 Å². The molecule has 0 unspecified atom stereocenters. The molecule has 94 valence electrons. The van der Waals surface area contributed by atoms with Crippen molar-refractivity contribution in [3.05, 3.63) is 40.5 Å². The number of nitrogens with one attached hydrogen (secondary N) is 1. The number of carbonyl (C=O) groups excluding carboxylic acids is 1. The summed E-state index contributed by atoms with van der Waals surface area (Å²) in [5.74, 6) is 0.623. The standard InChI is InChI=1S/C12H12ClN3O2/c1-7-5-9(13)3-4-10(7)15-12(17)6-11-14-8(2)18-16-11/h3-5H,6H2,1-2H3,(H,15,17). The maximum absolute atomic E-state index is 11.8. The minimum atomic E-state index is -0.193. The van der Waals surface area contributed by atoms with Crippen LogP contribution < -0.4 is 5.32 Å². The number of anilines is 1. The molecular weight excluding hydrogens is 254 g/mol. The molecule has 0 aliphatic carbocycles. The highest BCUT2D eigenvalue weighted by Crippen LogP contribution is 2.19. The van der Waals surface area contributed by atoms with Crippen LogP contribution in [0.5, 0.6) is 0 Å². The number of aryl methyl sites for hydroxylation is 2. The fraction of sp³-hybridized carbons (Fsp3) is 0.250. The molecule has 0 atom stereocenters. The summed E-state index contributed by atoms with van der Waals surface area (Å²) in [4.78, 5) is 15.7. The average Bonchev–Trinajstić information content (AvgIpc) is 2.68. The van der Waals surface area contributed by atoms with Crippen molar-refractivity contribution in [2.45, 2.75) is 20.3 Å². The Labute approximate surface area is 109 Å². The summed E-state index contributed by atoms with van der Waals surface area (Å²) in [6, 6.07) is 5.27. The molecule has 6 heteroatoms. The van der Waals surface area contributed by atoms with Crippen molar-refractivity contribution in [1.82, 2.24) is 10.1 Å². The number of hydrogen-bond donors (Lipinski definition) is 1. The molecule has 0 spiro atoms. The van der Waals surface area contributed by atoms with Crippen molar-refractivity contribution in [3.63, 3.8) is 0 Å². The molecule has 18 heavy (non-hydrogen) atoms. The first-order valence-corrected chi connectivity index (χ1v) is 5.77. The van der Waals surface area contributed by atoms with Gasteiger partial charge < -0.3 is 9.84 Å². The van der Waals surface area contributed by atoms with Crippen LogP contribution in [0.3, 0.4) is 0 Å². The van der Waals surface area contributed by atoms with E-state index >= 15 is 0 Å². The lowest BCUT2D eigenvalue weighted by molar-refractivity contribution is -0.115. The largest absolute Gasteiger partial charge is 0.340 e. The van der Waals surface area contributed by atoms with E-state index in [0.717, 1.165) is 11.3 Å². The van der Waals surface area contributed by atoms with E-state index in [1.54, 1.807) is 25.1 Å².